The normalized spacial score (nSPS) is 11.0. The summed E-state index contributed by atoms with van der Waals surface area (Å²) in [5, 5.41) is 3.34. The molecule has 1 heterocycles. The van der Waals surface area contributed by atoms with Gasteiger partial charge in [0.1, 0.15) is 0 Å². The number of aromatic nitrogens is 2. The lowest BCUT2D eigenvalue weighted by Crippen LogP contribution is -2.22. The Bertz CT molecular complexity index is 590. The second-order valence-corrected chi connectivity index (χ2v) is 5.75. The fraction of sp³-hybridized carbons (Fsp3) is 0.412. The van der Waals surface area contributed by atoms with Crippen LogP contribution in [-0.4, -0.2) is 23.1 Å². The van der Waals surface area contributed by atoms with Gasteiger partial charge in [-0.25, -0.2) is 4.98 Å². The summed E-state index contributed by atoms with van der Waals surface area (Å²) in [5.41, 5.74) is 4.63. The SMILES string of the molecule is Cc1ccc(N(C)c2cnc(CNC(C)C)cn2)c(C)c1. The number of benzene rings is 1. The predicted octanol–water partition coefficient (Wildman–Crippen LogP) is 3.36. The summed E-state index contributed by atoms with van der Waals surface area (Å²) in [6, 6.07) is 6.87. The van der Waals surface area contributed by atoms with E-state index in [1.807, 2.05) is 19.4 Å². The van der Waals surface area contributed by atoms with Crippen LogP contribution in [0.1, 0.15) is 30.7 Å². The fourth-order valence-electron chi connectivity index (χ4n) is 2.23. The number of hydrogen-bond acceptors (Lipinski definition) is 4. The van der Waals surface area contributed by atoms with Crippen molar-refractivity contribution in [3.05, 3.63) is 47.4 Å². The molecular weight excluding hydrogens is 260 g/mol. The Morgan fingerprint density at radius 3 is 2.48 bits per heavy atom. The van der Waals surface area contributed by atoms with Gasteiger partial charge in [0.15, 0.2) is 5.82 Å². The van der Waals surface area contributed by atoms with E-state index in [2.05, 4.69) is 66.1 Å². The Morgan fingerprint density at radius 2 is 1.90 bits per heavy atom. The van der Waals surface area contributed by atoms with Crippen molar-refractivity contribution < 1.29 is 0 Å². The van der Waals surface area contributed by atoms with Gasteiger partial charge in [-0.15, -0.1) is 0 Å². The van der Waals surface area contributed by atoms with Crippen LogP contribution in [0.5, 0.6) is 0 Å². The maximum atomic E-state index is 4.52. The van der Waals surface area contributed by atoms with Crippen molar-refractivity contribution in [1.29, 1.82) is 0 Å². The van der Waals surface area contributed by atoms with Crippen molar-refractivity contribution in [2.45, 2.75) is 40.3 Å². The molecule has 2 aromatic rings. The first kappa shape index (κ1) is 15.4. The highest BCUT2D eigenvalue weighted by atomic mass is 15.2. The molecule has 4 heteroatoms. The first-order valence-electron chi connectivity index (χ1n) is 7.32. The summed E-state index contributed by atoms with van der Waals surface area (Å²) < 4.78 is 0. The second kappa shape index (κ2) is 6.68. The third-order valence-corrected chi connectivity index (χ3v) is 3.44. The smallest absolute Gasteiger partial charge is 0.151 e. The van der Waals surface area contributed by atoms with Crippen molar-refractivity contribution >= 4 is 11.5 Å². The van der Waals surface area contributed by atoms with E-state index in [0.29, 0.717) is 6.04 Å². The van der Waals surface area contributed by atoms with Gasteiger partial charge in [-0.3, -0.25) is 4.98 Å². The average Bonchev–Trinajstić information content (AvgIpc) is 2.45. The highest BCUT2D eigenvalue weighted by Crippen LogP contribution is 2.25. The van der Waals surface area contributed by atoms with Crippen LogP contribution in [0.25, 0.3) is 0 Å². The number of aryl methyl sites for hydroxylation is 2. The van der Waals surface area contributed by atoms with Crippen molar-refractivity contribution in [3.63, 3.8) is 0 Å². The lowest BCUT2D eigenvalue weighted by Gasteiger charge is -2.20. The molecule has 0 amide bonds. The number of anilines is 2. The van der Waals surface area contributed by atoms with Gasteiger partial charge >= 0.3 is 0 Å². The molecule has 0 bridgehead atoms. The van der Waals surface area contributed by atoms with Crippen LogP contribution in [-0.2, 0) is 6.54 Å². The third kappa shape index (κ3) is 4.02. The molecule has 0 saturated heterocycles. The van der Waals surface area contributed by atoms with Crippen molar-refractivity contribution in [2.75, 3.05) is 11.9 Å². The van der Waals surface area contributed by atoms with Gasteiger partial charge in [0.25, 0.3) is 0 Å². The topological polar surface area (TPSA) is 41.1 Å². The molecule has 0 spiro atoms. The highest BCUT2D eigenvalue weighted by Gasteiger charge is 2.09. The van der Waals surface area contributed by atoms with Crippen molar-refractivity contribution in [1.82, 2.24) is 15.3 Å². The van der Waals surface area contributed by atoms with Gasteiger partial charge in [0, 0.05) is 25.3 Å². The predicted molar refractivity (Wildman–Crippen MR) is 88.0 cm³/mol. The lowest BCUT2D eigenvalue weighted by molar-refractivity contribution is 0.580. The molecule has 1 aromatic heterocycles. The zero-order valence-electron chi connectivity index (χ0n) is 13.5. The van der Waals surface area contributed by atoms with E-state index >= 15 is 0 Å². The number of hydrogen-bond donors (Lipinski definition) is 1. The standard InChI is InChI=1S/C17H24N4/c1-12(2)18-9-15-10-20-17(11-19-15)21(5)16-7-6-13(3)8-14(16)4/h6-8,10-12,18H,9H2,1-5H3. The Kier molecular flexibility index (Phi) is 4.91. The molecule has 0 aliphatic carbocycles. The van der Waals surface area contributed by atoms with E-state index in [1.165, 1.54) is 11.1 Å². The maximum absolute atomic E-state index is 4.52. The molecule has 1 aromatic carbocycles. The summed E-state index contributed by atoms with van der Waals surface area (Å²) in [7, 11) is 2.02. The van der Waals surface area contributed by atoms with Gasteiger partial charge in [-0.05, 0) is 25.5 Å². The Balaban J connectivity index is 2.14. The van der Waals surface area contributed by atoms with E-state index in [4.69, 9.17) is 0 Å². The van der Waals surface area contributed by atoms with E-state index < -0.39 is 0 Å². The molecule has 0 aliphatic rings. The van der Waals surface area contributed by atoms with Crippen LogP contribution in [0.4, 0.5) is 11.5 Å². The lowest BCUT2D eigenvalue weighted by atomic mass is 10.1. The highest BCUT2D eigenvalue weighted by molar-refractivity contribution is 5.62. The van der Waals surface area contributed by atoms with Gasteiger partial charge in [-0.1, -0.05) is 31.5 Å². The number of nitrogens with zero attached hydrogens (tertiary/aromatic N) is 3. The van der Waals surface area contributed by atoms with Crippen LogP contribution in [0.3, 0.4) is 0 Å². The largest absolute Gasteiger partial charge is 0.328 e. The van der Waals surface area contributed by atoms with Crippen LogP contribution in [0.15, 0.2) is 30.6 Å². The van der Waals surface area contributed by atoms with E-state index in [-0.39, 0.29) is 0 Å². The Hall–Kier alpha value is -1.94. The monoisotopic (exact) mass is 284 g/mol. The van der Waals surface area contributed by atoms with Crippen molar-refractivity contribution in [3.8, 4) is 0 Å². The summed E-state index contributed by atoms with van der Waals surface area (Å²) in [5.74, 6) is 0.857. The molecule has 112 valence electrons. The van der Waals surface area contributed by atoms with Crippen LogP contribution >= 0.6 is 0 Å². The summed E-state index contributed by atoms with van der Waals surface area (Å²) in [6.07, 6.45) is 3.67. The van der Waals surface area contributed by atoms with E-state index in [1.54, 1.807) is 0 Å². The number of rotatable bonds is 5. The first-order valence-corrected chi connectivity index (χ1v) is 7.32. The molecule has 0 saturated carbocycles. The third-order valence-electron chi connectivity index (χ3n) is 3.44. The van der Waals surface area contributed by atoms with E-state index in [0.717, 1.165) is 23.7 Å². The molecule has 0 atom stereocenters. The van der Waals surface area contributed by atoms with Gasteiger partial charge < -0.3 is 10.2 Å². The molecule has 1 N–H and O–H groups in total. The fourth-order valence-corrected chi connectivity index (χ4v) is 2.23. The molecule has 0 radical (unpaired) electrons. The minimum absolute atomic E-state index is 0.448. The maximum Gasteiger partial charge on any atom is 0.151 e. The summed E-state index contributed by atoms with van der Waals surface area (Å²) in [4.78, 5) is 11.1. The van der Waals surface area contributed by atoms with E-state index in [9.17, 15) is 0 Å². The first-order chi connectivity index (χ1) is 9.97. The van der Waals surface area contributed by atoms with Gasteiger partial charge in [0.05, 0.1) is 18.1 Å². The van der Waals surface area contributed by atoms with Crippen molar-refractivity contribution in [2.24, 2.45) is 0 Å². The van der Waals surface area contributed by atoms with Gasteiger partial charge in [0.2, 0.25) is 0 Å². The molecule has 0 aliphatic heterocycles. The molecule has 4 nitrogen and oxygen atoms in total. The quantitative estimate of drug-likeness (QED) is 0.914. The van der Waals surface area contributed by atoms with Crippen LogP contribution in [0, 0.1) is 13.8 Å². The molecule has 21 heavy (non-hydrogen) atoms. The average molecular weight is 284 g/mol. The zero-order valence-corrected chi connectivity index (χ0v) is 13.5. The zero-order chi connectivity index (χ0) is 15.4. The number of nitrogens with one attached hydrogen (secondary N) is 1. The van der Waals surface area contributed by atoms with Crippen LogP contribution < -0.4 is 10.2 Å². The molecule has 0 fully saturated rings. The summed E-state index contributed by atoms with van der Waals surface area (Å²) in [6.45, 7) is 9.21. The molecule has 0 unspecified atom stereocenters. The Morgan fingerprint density at radius 1 is 1.14 bits per heavy atom. The summed E-state index contributed by atoms with van der Waals surface area (Å²) >= 11 is 0. The molecule has 2 rings (SSSR count). The van der Waals surface area contributed by atoms with Crippen LogP contribution in [0.2, 0.25) is 0 Å². The van der Waals surface area contributed by atoms with Gasteiger partial charge in [-0.2, -0.15) is 0 Å². The minimum Gasteiger partial charge on any atom is -0.328 e. The second-order valence-electron chi connectivity index (χ2n) is 5.75. The minimum atomic E-state index is 0.448. The molecular formula is C17H24N4. The Labute approximate surface area is 127 Å².